The van der Waals surface area contributed by atoms with Gasteiger partial charge in [-0.05, 0) is 12.6 Å². The van der Waals surface area contributed by atoms with E-state index in [-0.39, 0.29) is 11.6 Å². The lowest BCUT2D eigenvalue weighted by Crippen LogP contribution is -2.48. The van der Waals surface area contributed by atoms with Crippen LogP contribution >= 0.6 is 0 Å². The van der Waals surface area contributed by atoms with Crippen LogP contribution < -0.4 is 11.2 Å². The number of H-pyrrole nitrogens is 1. The van der Waals surface area contributed by atoms with Crippen molar-refractivity contribution >= 4 is 0 Å². The normalized spacial score (nSPS) is 18.8. The molecule has 130 valence electrons. The first-order valence-electron chi connectivity index (χ1n) is 8.30. The lowest BCUT2D eigenvalue weighted by atomic mass is 10.0. The molecule has 0 saturated carbocycles. The second-order valence-electron chi connectivity index (χ2n) is 6.33. The molecule has 1 aromatic carbocycles. The van der Waals surface area contributed by atoms with Crippen molar-refractivity contribution in [3.63, 3.8) is 0 Å². The summed E-state index contributed by atoms with van der Waals surface area (Å²) < 4.78 is 1.40. The fourth-order valence-electron chi connectivity index (χ4n) is 3.21. The van der Waals surface area contributed by atoms with Crippen molar-refractivity contribution in [2.45, 2.75) is 12.6 Å². The number of nitrogens with zero attached hydrogens (tertiary/aromatic N) is 4. The van der Waals surface area contributed by atoms with Gasteiger partial charge in [0, 0.05) is 45.0 Å². The van der Waals surface area contributed by atoms with Gasteiger partial charge in [-0.2, -0.15) is 5.26 Å². The van der Waals surface area contributed by atoms with E-state index in [0.717, 1.165) is 19.6 Å². The molecule has 2 heterocycles. The molecule has 7 nitrogen and oxygen atoms in total. The molecule has 0 spiro atoms. The van der Waals surface area contributed by atoms with E-state index in [4.69, 9.17) is 5.26 Å². The summed E-state index contributed by atoms with van der Waals surface area (Å²) in [5.74, 6) is 0. The Balaban J connectivity index is 1.78. The zero-order chi connectivity index (χ0) is 17.8. The molecule has 0 aliphatic carbocycles. The fraction of sp³-hybridized carbons (Fsp3) is 0.389. The number of nitriles is 1. The largest absolute Gasteiger partial charge is 0.328 e. The third-order valence-electron chi connectivity index (χ3n) is 4.64. The molecule has 1 N–H and O–H groups in total. The van der Waals surface area contributed by atoms with Crippen molar-refractivity contribution in [1.82, 2.24) is 19.4 Å². The maximum atomic E-state index is 12.0. The van der Waals surface area contributed by atoms with Gasteiger partial charge in [0.2, 0.25) is 0 Å². The number of aromatic nitrogens is 2. The molecule has 0 bridgehead atoms. The summed E-state index contributed by atoms with van der Waals surface area (Å²) in [5.41, 5.74) is 0.0954. The minimum Gasteiger partial charge on any atom is -0.303 e. The first kappa shape index (κ1) is 17.1. The predicted octanol–water partition coefficient (Wildman–Crippen LogP) is 0.397. The highest BCUT2D eigenvalue weighted by molar-refractivity contribution is 5.22. The summed E-state index contributed by atoms with van der Waals surface area (Å²) in [4.78, 5) is 30.3. The van der Waals surface area contributed by atoms with Crippen LogP contribution in [0.5, 0.6) is 0 Å². The fourth-order valence-corrected chi connectivity index (χ4v) is 3.21. The molecular weight excluding hydrogens is 318 g/mol. The van der Waals surface area contributed by atoms with Crippen molar-refractivity contribution in [3.05, 3.63) is 68.5 Å². The van der Waals surface area contributed by atoms with E-state index in [9.17, 15) is 9.59 Å². The van der Waals surface area contributed by atoms with Gasteiger partial charge < -0.3 is 4.90 Å². The highest BCUT2D eigenvalue weighted by atomic mass is 16.2. The number of benzene rings is 1. The van der Waals surface area contributed by atoms with Crippen LogP contribution in [0.25, 0.3) is 0 Å². The molecule has 25 heavy (non-hydrogen) atoms. The van der Waals surface area contributed by atoms with Gasteiger partial charge in [0.1, 0.15) is 11.6 Å². The Morgan fingerprint density at radius 1 is 1.20 bits per heavy atom. The SMILES string of the molecule is CN1CCN(CCn2cc(C#N)c(=O)[nH]c2=O)C(c2ccccc2)C1. The molecule has 1 aromatic heterocycles. The number of likely N-dealkylation sites (N-methyl/N-ethyl adjacent to an activating group) is 1. The molecule has 3 rings (SSSR count). The Labute approximate surface area is 145 Å². The summed E-state index contributed by atoms with van der Waals surface area (Å²) in [6.45, 7) is 3.89. The number of aromatic amines is 1. The average Bonchev–Trinajstić information content (AvgIpc) is 2.62. The van der Waals surface area contributed by atoms with Gasteiger partial charge in [0.15, 0.2) is 0 Å². The number of rotatable bonds is 4. The number of hydrogen-bond donors (Lipinski definition) is 1. The first-order chi connectivity index (χ1) is 12.1. The minimum atomic E-state index is -0.634. The number of nitrogens with one attached hydrogen (secondary N) is 1. The Kier molecular flexibility index (Phi) is 5.12. The van der Waals surface area contributed by atoms with Crippen LogP contribution in [0, 0.1) is 11.3 Å². The molecule has 7 heteroatoms. The molecule has 0 amide bonds. The van der Waals surface area contributed by atoms with Crippen LogP contribution in [-0.2, 0) is 6.54 Å². The first-order valence-corrected chi connectivity index (χ1v) is 8.30. The minimum absolute atomic E-state index is 0.0439. The number of piperazine rings is 1. The van der Waals surface area contributed by atoms with Crippen LogP contribution in [0.15, 0.2) is 46.1 Å². The molecule has 1 aliphatic rings. The Bertz CT molecular complexity index is 881. The number of hydrogen-bond acceptors (Lipinski definition) is 5. The van der Waals surface area contributed by atoms with Crippen LogP contribution in [0.2, 0.25) is 0 Å². The van der Waals surface area contributed by atoms with Gasteiger partial charge in [0.25, 0.3) is 5.56 Å². The van der Waals surface area contributed by atoms with Crippen LogP contribution in [0.4, 0.5) is 0 Å². The standard InChI is InChI=1S/C18H21N5O2/c1-21-7-8-22(16(13-21)14-5-3-2-4-6-14)9-10-23-12-15(11-19)17(24)20-18(23)25/h2-6,12,16H,7-10,13H2,1H3,(H,20,24,25). The topological polar surface area (TPSA) is 85.1 Å². The van der Waals surface area contributed by atoms with Crippen molar-refractivity contribution < 1.29 is 0 Å². The zero-order valence-electron chi connectivity index (χ0n) is 14.2. The smallest absolute Gasteiger partial charge is 0.303 e. The van der Waals surface area contributed by atoms with Crippen molar-refractivity contribution in [2.24, 2.45) is 0 Å². The van der Waals surface area contributed by atoms with Gasteiger partial charge in [-0.1, -0.05) is 30.3 Å². The highest BCUT2D eigenvalue weighted by Crippen LogP contribution is 2.24. The van der Waals surface area contributed by atoms with E-state index in [1.807, 2.05) is 24.3 Å². The molecule has 2 aromatic rings. The summed E-state index contributed by atoms with van der Waals surface area (Å²) in [6, 6.07) is 12.4. The summed E-state index contributed by atoms with van der Waals surface area (Å²) in [6.07, 6.45) is 1.34. The van der Waals surface area contributed by atoms with Gasteiger partial charge in [-0.25, -0.2) is 4.79 Å². The van der Waals surface area contributed by atoms with Crippen LogP contribution in [0.3, 0.4) is 0 Å². The van der Waals surface area contributed by atoms with Crippen molar-refractivity contribution in [3.8, 4) is 6.07 Å². The van der Waals surface area contributed by atoms with Gasteiger partial charge in [-0.3, -0.25) is 19.2 Å². The summed E-state index contributed by atoms with van der Waals surface area (Å²) in [7, 11) is 2.11. The van der Waals surface area contributed by atoms with E-state index < -0.39 is 11.2 Å². The molecule has 1 saturated heterocycles. The summed E-state index contributed by atoms with van der Waals surface area (Å²) in [5, 5.41) is 8.97. The third kappa shape index (κ3) is 3.87. The Morgan fingerprint density at radius 3 is 2.68 bits per heavy atom. The third-order valence-corrected chi connectivity index (χ3v) is 4.64. The second-order valence-corrected chi connectivity index (χ2v) is 6.33. The molecule has 1 unspecified atom stereocenters. The van der Waals surface area contributed by atoms with Crippen LogP contribution in [0.1, 0.15) is 17.2 Å². The van der Waals surface area contributed by atoms with E-state index in [2.05, 4.69) is 34.0 Å². The second kappa shape index (κ2) is 7.47. The van der Waals surface area contributed by atoms with Gasteiger partial charge in [0.05, 0.1) is 0 Å². The lowest BCUT2D eigenvalue weighted by molar-refractivity contribution is 0.0862. The van der Waals surface area contributed by atoms with E-state index in [1.165, 1.54) is 16.3 Å². The van der Waals surface area contributed by atoms with E-state index in [1.54, 1.807) is 0 Å². The zero-order valence-corrected chi connectivity index (χ0v) is 14.2. The maximum absolute atomic E-state index is 12.0. The van der Waals surface area contributed by atoms with E-state index >= 15 is 0 Å². The molecular formula is C18H21N5O2. The van der Waals surface area contributed by atoms with Crippen molar-refractivity contribution in [2.75, 3.05) is 33.2 Å². The van der Waals surface area contributed by atoms with E-state index in [0.29, 0.717) is 13.1 Å². The molecule has 0 radical (unpaired) electrons. The quantitative estimate of drug-likeness (QED) is 0.871. The molecule has 1 fully saturated rings. The molecule has 1 atom stereocenters. The van der Waals surface area contributed by atoms with Crippen LogP contribution in [-0.4, -0.2) is 52.6 Å². The van der Waals surface area contributed by atoms with Crippen molar-refractivity contribution in [1.29, 1.82) is 5.26 Å². The predicted molar refractivity (Wildman–Crippen MR) is 94.3 cm³/mol. The highest BCUT2D eigenvalue weighted by Gasteiger charge is 2.26. The van der Waals surface area contributed by atoms with Gasteiger partial charge >= 0.3 is 5.69 Å². The molecule has 1 aliphatic heterocycles. The lowest BCUT2D eigenvalue weighted by Gasteiger charge is -2.40. The monoisotopic (exact) mass is 339 g/mol. The average molecular weight is 339 g/mol. The Morgan fingerprint density at radius 2 is 1.96 bits per heavy atom. The maximum Gasteiger partial charge on any atom is 0.328 e. The van der Waals surface area contributed by atoms with Gasteiger partial charge in [-0.15, -0.1) is 0 Å². The Hall–Kier alpha value is -2.69. The summed E-state index contributed by atoms with van der Waals surface area (Å²) >= 11 is 0.